The number of carbonyl (C=O) groups is 1. The minimum Gasteiger partial charge on any atom is -0.347 e. The molecule has 1 aliphatic heterocycles. The van der Waals surface area contributed by atoms with E-state index in [1.165, 1.54) is 12.1 Å². The van der Waals surface area contributed by atoms with E-state index in [2.05, 4.69) is 4.98 Å². The zero-order chi connectivity index (χ0) is 18.7. The third-order valence-electron chi connectivity index (χ3n) is 4.80. The summed E-state index contributed by atoms with van der Waals surface area (Å²) >= 11 is 0. The number of benzene rings is 1. The zero-order valence-corrected chi connectivity index (χ0v) is 15.6. The first kappa shape index (κ1) is 18.3. The summed E-state index contributed by atoms with van der Waals surface area (Å²) in [6.45, 7) is 2.64. The molecular formula is C20H25FN4O. The highest BCUT2D eigenvalue weighted by Crippen LogP contribution is 2.36. The van der Waals surface area contributed by atoms with Crippen molar-refractivity contribution in [3.63, 3.8) is 0 Å². The molecule has 1 aromatic heterocycles. The van der Waals surface area contributed by atoms with E-state index in [1.807, 2.05) is 30.8 Å². The van der Waals surface area contributed by atoms with E-state index >= 15 is 0 Å². The molecule has 2 aromatic rings. The number of halogens is 1. The number of hydrogen-bond acceptors (Lipinski definition) is 4. The number of piperidine rings is 1. The number of anilines is 1. The first-order valence-corrected chi connectivity index (χ1v) is 9.11. The molecule has 0 aliphatic carbocycles. The lowest BCUT2D eigenvalue weighted by Gasteiger charge is -2.36. The molecule has 0 bridgehead atoms. The highest BCUT2D eigenvalue weighted by Gasteiger charge is 2.30. The molecule has 0 spiro atoms. The second-order valence-electron chi connectivity index (χ2n) is 6.82. The van der Waals surface area contributed by atoms with Crippen LogP contribution in [0, 0.1) is 5.82 Å². The Morgan fingerprint density at radius 2 is 2.00 bits per heavy atom. The monoisotopic (exact) mass is 356 g/mol. The molecule has 1 aromatic carbocycles. The van der Waals surface area contributed by atoms with Gasteiger partial charge in [-0.3, -0.25) is 4.79 Å². The minimum atomic E-state index is -0.276. The fourth-order valence-electron chi connectivity index (χ4n) is 3.42. The van der Waals surface area contributed by atoms with Crippen LogP contribution in [0.15, 0.2) is 30.5 Å². The molecule has 0 radical (unpaired) electrons. The normalized spacial score (nSPS) is 17.2. The van der Waals surface area contributed by atoms with E-state index in [-0.39, 0.29) is 17.8 Å². The Hall–Kier alpha value is -2.50. The molecule has 2 heterocycles. The van der Waals surface area contributed by atoms with Gasteiger partial charge in [0.2, 0.25) is 11.9 Å². The van der Waals surface area contributed by atoms with Crippen LogP contribution in [0.1, 0.15) is 44.3 Å². The molecule has 0 saturated carbocycles. The average molecular weight is 356 g/mol. The lowest BCUT2D eigenvalue weighted by Crippen LogP contribution is -2.38. The van der Waals surface area contributed by atoms with Crippen LogP contribution in [0.4, 0.5) is 10.3 Å². The Kier molecular flexibility index (Phi) is 5.49. The van der Waals surface area contributed by atoms with Crippen molar-refractivity contribution in [2.24, 2.45) is 0 Å². The van der Waals surface area contributed by atoms with E-state index in [0.717, 1.165) is 42.6 Å². The molecule has 6 heteroatoms. The second-order valence-corrected chi connectivity index (χ2v) is 6.82. The van der Waals surface area contributed by atoms with E-state index in [1.54, 1.807) is 18.3 Å². The highest BCUT2D eigenvalue weighted by molar-refractivity contribution is 5.77. The van der Waals surface area contributed by atoms with Crippen molar-refractivity contribution in [2.45, 2.75) is 38.6 Å². The number of carbonyl (C=O) groups excluding carboxylic acids is 1. The maximum absolute atomic E-state index is 13.4. The standard InChI is InChI=1S/C20H25FN4O/c1-4-18(26)25-12-6-5-7-17(25)19-16(13-22-20(23-19)24(2)3)14-8-10-15(21)11-9-14/h8-11,13,17H,4-7,12H2,1-3H3/t17-/m0/s1. The first-order valence-electron chi connectivity index (χ1n) is 9.11. The molecule has 138 valence electrons. The zero-order valence-electron chi connectivity index (χ0n) is 15.6. The van der Waals surface area contributed by atoms with Gasteiger partial charge in [0.05, 0.1) is 11.7 Å². The van der Waals surface area contributed by atoms with E-state index in [4.69, 9.17) is 4.98 Å². The molecule has 1 saturated heterocycles. The fraction of sp³-hybridized carbons (Fsp3) is 0.450. The number of nitrogens with zero attached hydrogens (tertiary/aromatic N) is 4. The van der Waals surface area contributed by atoms with E-state index < -0.39 is 0 Å². The summed E-state index contributed by atoms with van der Waals surface area (Å²) in [6, 6.07) is 6.28. The van der Waals surface area contributed by atoms with Crippen LogP contribution < -0.4 is 4.90 Å². The van der Waals surface area contributed by atoms with Crippen molar-refractivity contribution >= 4 is 11.9 Å². The van der Waals surface area contributed by atoms with Gasteiger partial charge in [0.25, 0.3) is 0 Å². The van der Waals surface area contributed by atoms with Gasteiger partial charge < -0.3 is 9.80 Å². The summed E-state index contributed by atoms with van der Waals surface area (Å²) in [5.41, 5.74) is 2.56. The van der Waals surface area contributed by atoms with Gasteiger partial charge in [0.1, 0.15) is 5.82 Å². The smallest absolute Gasteiger partial charge is 0.225 e. The number of amides is 1. The van der Waals surface area contributed by atoms with Crippen LogP contribution in [0.3, 0.4) is 0 Å². The summed E-state index contributed by atoms with van der Waals surface area (Å²) in [5.74, 6) is 0.478. The molecule has 1 fully saturated rings. The summed E-state index contributed by atoms with van der Waals surface area (Å²) in [6.07, 6.45) is 5.22. The van der Waals surface area contributed by atoms with E-state index in [9.17, 15) is 9.18 Å². The van der Waals surface area contributed by atoms with Crippen LogP contribution in [0.2, 0.25) is 0 Å². The van der Waals surface area contributed by atoms with Gasteiger partial charge in [0.15, 0.2) is 0 Å². The van der Waals surface area contributed by atoms with Crippen LogP contribution in [-0.2, 0) is 4.79 Å². The predicted molar refractivity (Wildman–Crippen MR) is 100 cm³/mol. The van der Waals surface area contributed by atoms with Crippen molar-refractivity contribution in [3.05, 3.63) is 42.0 Å². The van der Waals surface area contributed by atoms with Gasteiger partial charge >= 0.3 is 0 Å². The number of aromatic nitrogens is 2. The molecule has 26 heavy (non-hydrogen) atoms. The van der Waals surface area contributed by atoms with Gasteiger partial charge in [-0.1, -0.05) is 19.1 Å². The Bertz CT molecular complexity index is 776. The SMILES string of the molecule is CCC(=O)N1CCCC[C@H]1c1nc(N(C)C)ncc1-c1ccc(F)cc1. The predicted octanol–water partition coefficient (Wildman–Crippen LogP) is 3.81. The molecule has 3 rings (SSSR count). The summed E-state index contributed by atoms with van der Waals surface area (Å²) in [5, 5.41) is 0. The molecule has 1 aliphatic rings. The largest absolute Gasteiger partial charge is 0.347 e. The topological polar surface area (TPSA) is 49.3 Å². The van der Waals surface area contributed by atoms with Gasteiger partial charge in [0, 0.05) is 38.8 Å². The Labute approximate surface area is 153 Å². The Balaban J connectivity index is 2.11. The summed E-state index contributed by atoms with van der Waals surface area (Å²) in [4.78, 5) is 25.5. The lowest BCUT2D eigenvalue weighted by atomic mass is 9.93. The lowest BCUT2D eigenvalue weighted by molar-refractivity contribution is -0.134. The molecule has 0 N–H and O–H groups in total. The quantitative estimate of drug-likeness (QED) is 0.836. The number of rotatable bonds is 4. The van der Waals surface area contributed by atoms with E-state index in [0.29, 0.717) is 12.4 Å². The van der Waals surface area contributed by atoms with Gasteiger partial charge in [-0.05, 0) is 37.0 Å². The van der Waals surface area contributed by atoms with Crippen LogP contribution >= 0.6 is 0 Å². The Morgan fingerprint density at radius 3 is 2.65 bits per heavy atom. The third-order valence-corrected chi connectivity index (χ3v) is 4.80. The maximum atomic E-state index is 13.4. The average Bonchev–Trinajstić information content (AvgIpc) is 2.67. The molecule has 5 nitrogen and oxygen atoms in total. The van der Waals surface area contributed by atoms with Crippen LogP contribution in [0.25, 0.3) is 11.1 Å². The molecular weight excluding hydrogens is 331 g/mol. The van der Waals surface area contributed by atoms with Crippen molar-refractivity contribution in [2.75, 3.05) is 25.5 Å². The number of likely N-dealkylation sites (tertiary alicyclic amines) is 1. The van der Waals surface area contributed by atoms with Crippen LogP contribution in [-0.4, -0.2) is 41.4 Å². The molecule has 1 atom stereocenters. The third kappa shape index (κ3) is 3.69. The van der Waals surface area contributed by atoms with Gasteiger partial charge in [-0.15, -0.1) is 0 Å². The molecule has 0 unspecified atom stereocenters. The number of hydrogen-bond donors (Lipinski definition) is 0. The van der Waals surface area contributed by atoms with Crippen molar-refractivity contribution in [1.82, 2.24) is 14.9 Å². The van der Waals surface area contributed by atoms with Crippen molar-refractivity contribution < 1.29 is 9.18 Å². The van der Waals surface area contributed by atoms with Crippen molar-refractivity contribution in [3.8, 4) is 11.1 Å². The Morgan fingerprint density at radius 1 is 1.27 bits per heavy atom. The minimum absolute atomic E-state index is 0.0713. The highest BCUT2D eigenvalue weighted by atomic mass is 19.1. The first-order chi connectivity index (χ1) is 12.5. The summed E-state index contributed by atoms with van der Waals surface area (Å²) in [7, 11) is 3.79. The maximum Gasteiger partial charge on any atom is 0.225 e. The summed E-state index contributed by atoms with van der Waals surface area (Å²) < 4.78 is 13.4. The van der Waals surface area contributed by atoms with Crippen molar-refractivity contribution in [1.29, 1.82) is 0 Å². The fourth-order valence-corrected chi connectivity index (χ4v) is 3.42. The second kappa shape index (κ2) is 7.81. The van der Waals surface area contributed by atoms with Gasteiger partial charge in [-0.25, -0.2) is 14.4 Å². The van der Waals surface area contributed by atoms with Gasteiger partial charge in [-0.2, -0.15) is 0 Å². The van der Waals surface area contributed by atoms with Crippen LogP contribution in [0.5, 0.6) is 0 Å². The molecule has 1 amide bonds.